The van der Waals surface area contributed by atoms with Gasteiger partial charge < -0.3 is 15.2 Å². The molecule has 0 aliphatic heterocycles. The predicted molar refractivity (Wildman–Crippen MR) is 70.2 cm³/mol. The van der Waals surface area contributed by atoms with E-state index in [4.69, 9.17) is 9.84 Å². The maximum Gasteiger partial charge on any atom is 0.120 e. The van der Waals surface area contributed by atoms with E-state index in [9.17, 15) is 0 Å². The van der Waals surface area contributed by atoms with Crippen molar-refractivity contribution in [3.63, 3.8) is 0 Å². The third-order valence-electron chi connectivity index (χ3n) is 2.12. The molecule has 1 atom stereocenters. The van der Waals surface area contributed by atoms with Crippen LogP contribution in [0.4, 0.5) is 0 Å². The highest BCUT2D eigenvalue weighted by Crippen LogP contribution is 2.18. The molecule has 0 saturated carbocycles. The molecule has 0 saturated heterocycles. The van der Waals surface area contributed by atoms with Crippen molar-refractivity contribution >= 4 is 0 Å². The van der Waals surface area contributed by atoms with Gasteiger partial charge in [0.1, 0.15) is 11.4 Å². The van der Waals surface area contributed by atoms with E-state index >= 15 is 0 Å². The lowest BCUT2D eigenvalue weighted by Crippen LogP contribution is -2.24. The summed E-state index contributed by atoms with van der Waals surface area (Å²) >= 11 is 0. The van der Waals surface area contributed by atoms with Gasteiger partial charge in [0.05, 0.1) is 6.10 Å². The van der Waals surface area contributed by atoms with Gasteiger partial charge in [0.15, 0.2) is 0 Å². The van der Waals surface area contributed by atoms with E-state index in [0.29, 0.717) is 6.54 Å². The van der Waals surface area contributed by atoms with E-state index in [2.05, 4.69) is 5.32 Å². The Hall–Kier alpha value is -1.06. The van der Waals surface area contributed by atoms with E-state index in [-0.39, 0.29) is 11.7 Å². The van der Waals surface area contributed by atoms with Crippen LogP contribution in [0, 0.1) is 0 Å². The molecule has 3 nitrogen and oxygen atoms in total. The SMILES string of the molecule is CC(O)CNCc1ccc(OC(C)(C)C)cc1. The largest absolute Gasteiger partial charge is 0.488 e. The number of rotatable bonds is 5. The van der Waals surface area contributed by atoms with Crippen LogP contribution in [0.2, 0.25) is 0 Å². The van der Waals surface area contributed by atoms with Gasteiger partial charge in [-0.3, -0.25) is 0 Å². The average molecular weight is 237 g/mol. The summed E-state index contributed by atoms with van der Waals surface area (Å²) in [5, 5.41) is 12.3. The van der Waals surface area contributed by atoms with Crippen LogP contribution in [-0.4, -0.2) is 23.4 Å². The zero-order valence-electron chi connectivity index (χ0n) is 11.2. The van der Waals surface area contributed by atoms with E-state index < -0.39 is 0 Å². The molecule has 0 amide bonds. The minimum Gasteiger partial charge on any atom is -0.488 e. The first-order valence-corrected chi connectivity index (χ1v) is 6.03. The Morgan fingerprint density at radius 1 is 1.24 bits per heavy atom. The normalized spacial score (nSPS) is 13.5. The van der Waals surface area contributed by atoms with Gasteiger partial charge in [-0.05, 0) is 45.4 Å². The summed E-state index contributed by atoms with van der Waals surface area (Å²) in [5.41, 5.74) is 1.03. The van der Waals surface area contributed by atoms with Crippen molar-refractivity contribution in [1.82, 2.24) is 5.32 Å². The molecule has 1 aromatic carbocycles. The Kier molecular flexibility index (Phi) is 4.97. The number of aliphatic hydroxyl groups excluding tert-OH is 1. The van der Waals surface area contributed by atoms with Gasteiger partial charge in [0.25, 0.3) is 0 Å². The lowest BCUT2D eigenvalue weighted by Gasteiger charge is -2.21. The standard InChI is InChI=1S/C14H23NO2/c1-11(16)9-15-10-12-5-7-13(8-6-12)17-14(2,3)4/h5-8,11,15-16H,9-10H2,1-4H3. The monoisotopic (exact) mass is 237 g/mol. The van der Waals surface area contributed by atoms with E-state index in [1.165, 1.54) is 5.56 Å². The maximum absolute atomic E-state index is 9.12. The number of ether oxygens (including phenoxy) is 1. The highest BCUT2D eigenvalue weighted by Gasteiger charge is 2.11. The highest BCUT2D eigenvalue weighted by atomic mass is 16.5. The van der Waals surface area contributed by atoms with Crippen LogP contribution in [-0.2, 0) is 6.54 Å². The second kappa shape index (κ2) is 6.03. The van der Waals surface area contributed by atoms with Crippen LogP contribution in [0.5, 0.6) is 5.75 Å². The van der Waals surface area contributed by atoms with Gasteiger partial charge in [-0.25, -0.2) is 0 Å². The van der Waals surface area contributed by atoms with Gasteiger partial charge in [-0.1, -0.05) is 12.1 Å². The Labute approximate surface area is 104 Å². The van der Waals surface area contributed by atoms with Gasteiger partial charge >= 0.3 is 0 Å². The van der Waals surface area contributed by atoms with Gasteiger partial charge in [0.2, 0.25) is 0 Å². The third kappa shape index (κ3) is 6.29. The predicted octanol–water partition coefficient (Wildman–Crippen LogP) is 2.33. The van der Waals surface area contributed by atoms with Crippen LogP contribution >= 0.6 is 0 Å². The van der Waals surface area contributed by atoms with Crippen molar-refractivity contribution in [3.8, 4) is 5.75 Å². The first-order chi connectivity index (χ1) is 7.87. The summed E-state index contributed by atoms with van der Waals surface area (Å²) in [6.07, 6.45) is -0.307. The molecule has 17 heavy (non-hydrogen) atoms. The van der Waals surface area contributed by atoms with Crippen LogP contribution in [0.1, 0.15) is 33.3 Å². The second-order valence-electron chi connectivity index (χ2n) is 5.34. The lowest BCUT2D eigenvalue weighted by atomic mass is 10.1. The summed E-state index contributed by atoms with van der Waals surface area (Å²) in [6.45, 7) is 9.25. The van der Waals surface area contributed by atoms with Crippen molar-refractivity contribution in [2.45, 2.75) is 45.9 Å². The minimum atomic E-state index is -0.307. The lowest BCUT2D eigenvalue weighted by molar-refractivity contribution is 0.131. The fraction of sp³-hybridized carbons (Fsp3) is 0.571. The van der Waals surface area contributed by atoms with Crippen molar-refractivity contribution < 1.29 is 9.84 Å². The molecule has 96 valence electrons. The van der Waals surface area contributed by atoms with Crippen molar-refractivity contribution in [2.75, 3.05) is 6.54 Å². The van der Waals surface area contributed by atoms with Crippen LogP contribution < -0.4 is 10.1 Å². The summed E-state index contributed by atoms with van der Waals surface area (Å²) < 4.78 is 5.74. The minimum absolute atomic E-state index is 0.161. The van der Waals surface area contributed by atoms with Crippen LogP contribution in [0.3, 0.4) is 0 Å². The molecule has 1 unspecified atom stereocenters. The molecule has 0 spiro atoms. The number of nitrogens with one attached hydrogen (secondary N) is 1. The fourth-order valence-electron chi connectivity index (χ4n) is 1.45. The zero-order valence-corrected chi connectivity index (χ0v) is 11.2. The van der Waals surface area contributed by atoms with Gasteiger partial charge in [0, 0.05) is 13.1 Å². The number of hydrogen-bond acceptors (Lipinski definition) is 3. The molecule has 0 aliphatic carbocycles. The zero-order chi connectivity index (χ0) is 12.9. The molecule has 0 bridgehead atoms. The summed E-state index contributed by atoms with van der Waals surface area (Å²) in [6, 6.07) is 8.03. The molecule has 3 heteroatoms. The molecule has 0 heterocycles. The van der Waals surface area contributed by atoms with E-state index in [1.54, 1.807) is 6.92 Å². The highest BCUT2D eigenvalue weighted by molar-refractivity contribution is 5.27. The third-order valence-corrected chi connectivity index (χ3v) is 2.12. The number of benzene rings is 1. The Morgan fingerprint density at radius 2 is 1.82 bits per heavy atom. The molecule has 1 aromatic rings. The number of hydrogen-bond donors (Lipinski definition) is 2. The molecule has 0 radical (unpaired) electrons. The molecule has 1 rings (SSSR count). The van der Waals surface area contributed by atoms with Gasteiger partial charge in [-0.2, -0.15) is 0 Å². The Morgan fingerprint density at radius 3 is 2.29 bits per heavy atom. The Balaban J connectivity index is 2.45. The second-order valence-corrected chi connectivity index (χ2v) is 5.34. The van der Waals surface area contributed by atoms with Crippen LogP contribution in [0.15, 0.2) is 24.3 Å². The topological polar surface area (TPSA) is 41.5 Å². The number of aliphatic hydroxyl groups is 1. The Bertz CT molecular complexity index is 325. The quantitative estimate of drug-likeness (QED) is 0.826. The molecular weight excluding hydrogens is 214 g/mol. The molecule has 0 aromatic heterocycles. The molecule has 2 N–H and O–H groups in total. The van der Waals surface area contributed by atoms with Crippen molar-refractivity contribution in [3.05, 3.63) is 29.8 Å². The average Bonchev–Trinajstić information content (AvgIpc) is 2.18. The summed E-state index contributed by atoms with van der Waals surface area (Å²) in [5.74, 6) is 0.886. The van der Waals surface area contributed by atoms with Crippen molar-refractivity contribution in [2.24, 2.45) is 0 Å². The molecular formula is C14H23NO2. The maximum atomic E-state index is 9.12. The molecule has 0 fully saturated rings. The summed E-state index contributed by atoms with van der Waals surface area (Å²) in [4.78, 5) is 0. The first-order valence-electron chi connectivity index (χ1n) is 6.03. The van der Waals surface area contributed by atoms with Crippen LogP contribution in [0.25, 0.3) is 0 Å². The van der Waals surface area contributed by atoms with E-state index in [1.807, 2.05) is 45.0 Å². The van der Waals surface area contributed by atoms with E-state index in [0.717, 1.165) is 12.3 Å². The van der Waals surface area contributed by atoms with Gasteiger partial charge in [-0.15, -0.1) is 0 Å². The summed E-state index contributed by atoms with van der Waals surface area (Å²) in [7, 11) is 0. The smallest absolute Gasteiger partial charge is 0.120 e. The first kappa shape index (κ1) is 14.0. The van der Waals surface area contributed by atoms with Crippen molar-refractivity contribution in [1.29, 1.82) is 0 Å². The molecule has 0 aliphatic rings. The fourth-order valence-corrected chi connectivity index (χ4v) is 1.45.